The Morgan fingerprint density at radius 2 is 2.21 bits per heavy atom. The Balaban J connectivity index is 1.76. The van der Waals surface area contributed by atoms with Crippen LogP contribution in [0, 0.1) is 5.41 Å². The number of carbonyl (C=O) groups is 1. The number of para-hydroxylation sites is 1. The Hall–Kier alpha value is -1.81. The summed E-state index contributed by atoms with van der Waals surface area (Å²) in [4.78, 5) is 12.1. The van der Waals surface area contributed by atoms with Crippen LogP contribution >= 0.6 is 0 Å². The third kappa shape index (κ3) is 2.12. The highest BCUT2D eigenvalue weighted by atomic mass is 16.3. The molecule has 1 atom stereocenters. The molecule has 1 saturated carbocycles. The zero-order valence-electron chi connectivity index (χ0n) is 11.0. The number of carbonyl (C=O) groups excluding carboxylic acids is 1. The number of fused-ring (bicyclic) bond motifs is 1. The van der Waals surface area contributed by atoms with Gasteiger partial charge in [0.2, 0.25) is 5.91 Å². The molecule has 1 aromatic heterocycles. The van der Waals surface area contributed by atoms with Crippen LogP contribution in [0.1, 0.15) is 31.6 Å². The molecule has 0 aliphatic heterocycles. The van der Waals surface area contributed by atoms with E-state index in [9.17, 15) is 4.79 Å². The van der Waals surface area contributed by atoms with Crippen molar-refractivity contribution in [2.75, 3.05) is 6.54 Å². The number of furan rings is 1. The minimum absolute atomic E-state index is 0.0444. The summed E-state index contributed by atoms with van der Waals surface area (Å²) in [6.45, 7) is 2.36. The smallest absolute Gasteiger partial charge is 0.228 e. The standard InChI is InChI=1S/C15H18N2O2/c1-10(17-14(18)15(9-16)6-7-15)13-8-11-4-2-3-5-12(11)19-13/h2-5,8,10H,6-7,9,16H2,1H3,(H,17,18). The van der Waals surface area contributed by atoms with Gasteiger partial charge < -0.3 is 15.5 Å². The van der Waals surface area contributed by atoms with E-state index in [1.807, 2.05) is 37.3 Å². The lowest BCUT2D eigenvalue weighted by molar-refractivity contribution is -0.126. The lowest BCUT2D eigenvalue weighted by Crippen LogP contribution is -2.37. The van der Waals surface area contributed by atoms with E-state index in [4.69, 9.17) is 10.2 Å². The largest absolute Gasteiger partial charge is 0.459 e. The summed E-state index contributed by atoms with van der Waals surface area (Å²) in [5.74, 6) is 0.824. The molecule has 1 unspecified atom stereocenters. The molecule has 0 bridgehead atoms. The quantitative estimate of drug-likeness (QED) is 0.884. The Morgan fingerprint density at radius 3 is 2.84 bits per heavy atom. The van der Waals surface area contributed by atoms with Crippen LogP contribution in [0.2, 0.25) is 0 Å². The van der Waals surface area contributed by atoms with E-state index in [1.165, 1.54) is 0 Å². The summed E-state index contributed by atoms with van der Waals surface area (Å²) < 4.78 is 5.75. The average molecular weight is 258 g/mol. The fraction of sp³-hybridized carbons (Fsp3) is 0.400. The van der Waals surface area contributed by atoms with Crippen molar-refractivity contribution in [3.63, 3.8) is 0 Å². The van der Waals surface area contributed by atoms with Crippen molar-refractivity contribution in [2.45, 2.75) is 25.8 Å². The zero-order valence-corrected chi connectivity index (χ0v) is 11.0. The molecular formula is C15H18N2O2. The summed E-state index contributed by atoms with van der Waals surface area (Å²) in [5.41, 5.74) is 6.19. The molecule has 1 fully saturated rings. The van der Waals surface area contributed by atoms with Gasteiger partial charge in [0.15, 0.2) is 0 Å². The van der Waals surface area contributed by atoms with Crippen LogP contribution in [0.4, 0.5) is 0 Å². The van der Waals surface area contributed by atoms with Gasteiger partial charge in [-0.3, -0.25) is 4.79 Å². The highest BCUT2D eigenvalue weighted by Crippen LogP contribution is 2.45. The predicted octanol–water partition coefficient (Wildman–Crippen LogP) is 2.35. The first kappa shape index (κ1) is 12.2. The molecule has 1 aliphatic carbocycles. The maximum Gasteiger partial charge on any atom is 0.228 e. The van der Waals surface area contributed by atoms with Gasteiger partial charge in [-0.1, -0.05) is 18.2 Å². The van der Waals surface area contributed by atoms with E-state index in [-0.39, 0.29) is 17.4 Å². The van der Waals surface area contributed by atoms with Crippen molar-refractivity contribution in [3.05, 3.63) is 36.1 Å². The first-order chi connectivity index (χ1) is 9.14. The molecule has 3 N–H and O–H groups in total. The van der Waals surface area contributed by atoms with Crippen molar-refractivity contribution in [2.24, 2.45) is 11.1 Å². The van der Waals surface area contributed by atoms with E-state index in [1.54, 1.807) is 0 Å². The van der Waals surface area contributed by atoms with E-state index in [0.717, 1.165) is 29.6 Å². The van der Waals surface area contributed by atoms with Crippen LogP contribution < -0.4 is 11.1 Å². The molecule has 19 heavy (non-hydrogen) atoms. The molecule has 1 aliphatic rings. The monoisotopic (exact) mass is 258 g/mol. The third-order valence-electron chi connectivity index (χ3n) is 3.94. The molecule has 1 heterocycles. The molecule has 1 amide bonds. The van der Waals surface area contributed by atoms with Crippen molar-refractivity contribution < 1.29 is 9.21 Å². The normalized spacial score (nSPS) is 18.2. The van der Waals surface area contributed by atoms with Gasteiger partial charge in [-0.25, -0.2) is 0 Å². The molecule has 100 valence electrons. The molecule has 3 rings (SSSR count). The first-order valence-electron chi connectivity index (χ1n) is 6.64. The second-order valence-electron chi connectivity index (χ2n) is 5.37. The van der Waals surface area contributed by atoms with Gasteiger partial charge in [0.05, 0.1) is 11.5 Å². The van der Waals surface area contributed by atoms with E-state index < -0.39 is 0 Å². The van der Waals surface area contributed by atoms with Gasteiger partial charge in [0.1, 0.15) is 11.3 Å². The molecule has 0 spiro atoms. The topological polar surface area (TPSA) is 68.3 Å². The number of rotatable bonds is 4. The second kappa shape index (κ2) is 4.38. The fourth-order valence-corrected chi connectivity index (χ4v) is 2.31. The molecule has 4 nitrogen and oxygen atoms in total. The minimum Gasteiger partial charge on any atom is -0.459 e. The zero-order chi connectivity index (χ0) is 13.5. The molecule has 1 aromatic carbocycles. The Bertz CT molecular complexity index is 580. The van der Waals surface area contributed by atoms with E-state index in [0.29, 0.717) is 6.54 Å². The highest BCUT2D eigenvalue weighted by Gasteiger charge is 2.48. The molecule has 0 saturated heterocycles. The summed E-state index contributed by atoms with van der Waals surface area (Å²) >= 11 is 0. The van der Waals surface area contributed by atoms with Gasteiger partial charge >= 0.3 is 0 Å². The molecule has 4 heteroatoms. The summed E-state index contributed by atoms with van der Waals surface area (Å²) in [6.07, 6.45) is 1.78. The minimum atomic E-state index is -0.319. The van der Waals surface area contributed by atoms with Crippen LogP contribution in [0.3, 0.4) is 0 Å². The van der Waals surface area contributed by atoms with Crippen LogP contribution in [-0.2, 0) is 4.79 Å². The van der Waals surface area contributed by atoms with Crippen molar-refractivity contribution >= 4 is 16.9 Å². The molecule has 0 radical (unpaired) electrons. The summed E-state index contributed by atoms with van der Waals surface area (Å²) in [5, 5.41) is 4.05. The van der Waals surface area contributed by atoms with Gasteiger partial charge in [-0.2, -0.15) is 0 Å². The fourth-order valence-electron chi connectivity index (χ4n) is 2.31. The maximum absolute atomic E-state index is 12.1. The summed E-state index contributed by atoms with van der Waals surface area (Å²) in [6, 6.07) is 9.67. The first-order valence-corrected chi connectivity index (χ1v) is 6.64. The van der Waals surface area contributed by atoms with E-state index in [2.05, 4.69) is 5.32 Å². The molecule has 2 aromatic rings. The second-order valence-corrected chi connectivity index (χ2v) is 5.37. The third-order valence-corrected chi connectivity index (χ3v) is 3.94. The van der Waals surface area contributed by atoms with Crippen LogP contribution in [0.15, 0.2) is 34.7 Å². The average Bonchev–Trinajstić information content (AvgIpc) is 3.10. The van der Waals surface area contributed by atoms with Crippen molar-refractivity contribution in [3.8, 4) is 0 Å². The van der Waals surface area contributed by atoms with Gasteiger partial charge in [0, 0.05) is 11.9 Å². The number of benzene rings is 1. The van der Waals surface area contributed by atoms with Crippen LogP contribution in [0.25, 0.3) is 11.0 Å². The predicted molar refractivity (Wildman–Crippen MR) is 73.5 cm³/mol. The van der Waals surface area contributed by atoms with Gasteiger partial charge in [-0.05, 0) is 31.9 Å². The van der Waals surface area contributed by atoms with Crippen LogP contribution in [-0.4, -0.2) is 12.5 Å². The molecular weight excluding hydrogens is 240 g/mol. The summed E-state index contributed by atoms with van der Waals surface area (Å²) in [7, 11) is 0. The lowest BCUT2D eigenvalue weighted by atomic mass is 10.1. The van der Waals surface area contributed by atoms with Gasteiger partial charge in [-0.15, -0.1) is 0 Å². The maximum atomic E-state index is 12.1. The van der Waals surface area contributed by atoms with Crippen molar-refractivity contribution in [1.29, 1.82) is 0 Å². The number of nitrogens with one attached hydrogen (secondary N) is 1. The Labute approximate surface area is 112 Å². The number of hydrogen-bond donors (Lipinski definition) is 2. The number of nitrogens with two attached hydrogens (primary N) is 1. The van der Waals surface area contributed by atoms with Gasteiger partial charge in [0.25, 0.3) is 0 Å². The lowest BCUT2D eigenvalue weighted by Gasteiger charge is -2.16. The number of hydrogen-bond acceptors (Lipinski definition) is 3. The Kier molecular flexibility index (Phi) is 2.82. The SMILES string of the molecule is CC(NC(=O)C1(CN)CC1)c1cc2ccccc2o1. The number of amides is 1. The highest BCUT2D eigenvalue weighted by molar-refractivity contribution is 5.86. The van der Waals surface area contributed by atoms with Crippen molar-refractivity contribution in [1.82, 2.24) is 5.32 Å². The van der Waals surface area contributed by atoms with Crippen LogP contribution in [0.5, 0.6) is 0 Å². The Morgan fingerprint density at radius 1 is 1.47 bits per heavy atom. The van der Waals surface area contributed by atoms with E-state index >= 15 is 0 Å².